The van der Waals surface area contributed by atoms with Gasteiger partial charge in [-0.25, -0.2) is 4.79 Å². The monoisotopic (exact) mass is 327 g/mol. The van der Waals surface area contributed by atoms with Crippen LogP contribution in [0.15, 0.2) is 53.1 Å². The largest absolute Gasteiger partial charge is 0.468 e. The van der Waals surface area contributed by atoms with E-state index in [1.807, 2.05) is 42.5 Å². The van der Waals surface area contributed by atoms with Crippen LogP contribution in [0.5, 0.6) is 0 Å². The molecule has 1 aliphatic rings. The number of carbonyl (C=O) groups is 1. The van der Waals surface area contributed by atoms with Crippen molar-refractivity contribution in [2.75, 3.05) is 19.6 Å². The van der Waals surface area contributed by atoms with Crippen LogP contribution in [0, 0.1) is 0 Å². The molecule has 1 aromatic carbocycles. The van der Waals surface area contributed by atoms with Crippen molar-refractivity contribution >= 4 is 6.03 Å². The SMILES string of the molecule is O=C(NCc1ccccc1)NCC(c1ccco1)N1CCCCC1. The van der Waals surface area contributed by atoms with Gasteiger partial charge in [0.15, 0.2) is 0 Å². The lowest BCUT2D eigenvalue weighted by Crippen LogP contribution is -2.43. The minimum Gasteiger partial charge on any atom is -0.468 e. The maximum atomic E-state index is 12.1. The second-order valence-corrected chi connectivity index (χ2v) is 6.18. The number of nitrogens with one attached hydrogen (secondary N) is 2. The standard InChI is InChI=1S/C19H25N3O2/c23-19(20-14-16-8-3-1-4-9-16)21-15-17(18-10-7-13-24-18)22-11-5-2-6-12-22/h1,3-4,7-10,13,17H,2,5-6,11-12,14-15H2,(H2,20,21,23). The topological polar surface area (TPSA) is 57.5 Å². The van der Waals surface area contributed by atoms with Gasteiger partial charge in [0.1, 0.15) is 5.76 Å². The third kappa shape index (κ3) is 4.61. The van der Waals surface area contributed by atoms with Crippen LogP contribution in [0.1, 0.15) is 36.6 Å². The van der Waals surface area contributed by atoms with Crippen molar-refractivity contribution in [3.05, 3.63) is 60.1 Å². The molecule has 1 saturated heterocycles. The van der Waals surface area contributed by atoms with Crippen molar-refractivity contribution in [1.82, 2.24) is 15.5 Å². The highest BCUT2D eigenvalue weighted by atomic mass is 16.3. The molecule has 2 N–H and O–H groups in total. The van der Waals surface area contributed by atoms with Crippen molar-refractivity contribution in [3.63, 3.8) is 0 Å². The number of urea groups is 1. The highest BCUT2D eigenvalue weighted by molar-refractivity contribution is 5.73. The Morgan fingerprint density at radius 2 is 1.83 bits per heavy atom. The molecule has 0 aliphatic carbocycles. The summed E-state index contributed by atoms with van der Waals surface area (Å²) in [4.78, 5) is 14.5. The van der Waals surface area contributed by atoms with E-state index in [4.69, 9.17) is 4.42 Å². The Labute approximate surface area is 143 Å². The fourth-order valence-electron chi connectivity index (χ4n) is 3.15. The number of carbonyl (C=O) groups excluding carboxylic acids is 1. The zero-order valence-electron chi connectivity index (χ0n) is 13.9. The molecule has 0 spiro atoms. The first kappa shape index (κ1) is 16.6. The lowest BCUT2D eigenvalue weighted by atomic mass is 10.1. The number of nitrogens with zero attached hydrogens (tertiary/aromatic N) is 1. The highest BCUT2D eigenvalue weighted by Gasteiger charge is 2.24. The summed E-state index contributed by atoms with van der Waals surface area (Å²) in [7, 11) is 0. The number of furan rings is 1. The molecule has 2 heterocycles. The maximum absolute atomic E-state index is 12.1. The second-order valence-electron chi connectivity index (χ2n) is 6.18. The zero-order chi connectivity index (χ0) is 16.6. The molecule has 5 heteroatoms. The number of rotatable bonds is 6. The lowest BCUT2D eigenvalue weighted by Gasteiger charge is -2.33. The molecule has 0 bridgehead atoms. The molecule has 1 fully saturated rings. The predicted octanol–water partition coefficient (Wildman–Crippen LogP) is 3.31. The molecule has 128 valence electrons. The third-order valence-corrected chi connectivity index (χ3v) is 4.45. The molecule has 1 aromatic heterocycles. The van der Waals surface area contributed by atoms with Crippen LogP contribution >= 0.6 is 0 Å². The Hall–Kier alpha value is -2.27. The molecule has 2 aromatic rings. The van der Waals surface area contributed by atoms with Crippen LogP contribution in [0.3, 0.4) is 0 Å². The fourth-order valence-corrected chi connectivity index (χ4v) is 3.15. The van der Waals surface area contributed by atoms with Crippen LogP contribution in [-0.2, 0) is 6.54 Å². The smallest absolute Gasteiger partial charge is 0.315 e. The third-order valence-electron chi connectivity index (χ3n) is 4.45. The lowest BCUT2D eigenvalue weighted by molar-refractivity contribution is 0.143. The van der Waals surface area contributed by atoms with Crippen LogP contribution in [0.4, 0.5) is 4.79 Å². The first-order valence-corrected chi connectivity index (χ1v) is 8.66. The van der Waals surface area contributed by atoms with Gasteiger partial charge in [0.25, 0.3) is 0 Å². The van der Waals surface area contributed by atoms with E-state index in [9.17, 15) is 4.79 Å². The summed E-state index contributed by atoms with van der Waals surface area (Å²) >= 11 is 0. The summed E-state index contributed by atoms with van der Waals surface area (Å²) < 4.78 is 5.60. The normalized spacial score (nSPS) is 16.5. The molecule has 1 unspecified atom stereocenters. The molecule has 2 amide bonds. The second kappa shape index (κ2) is 8.55. The van der Waals surface area contributed by atoms with Gasteiger partial charge < -0.3 is 15.1 Å². The van der Waals surface area contributed by atoms with E-state index in [0.29, 0.717) is 13.1 Å². The Balaban J connectivity index is 1.52. The number of hydrogen-bond acceptors (Lipinski definition) is 3. The molecular weight excluding hydrogens is 302 g/mol. The molecule has 0 saturated carbocycles. The van der Waals surface area contributed by atoms with Crippen molar-refractivity contribution in [3.8, 4) is 0 Å². The van der Waals surface area contributed by atoms with Gasteiger partial charge in [-0.3, -0.25) is 4.90 Å². The van der Waals surface area contributed by atoms with Crippen molar-refractivity contribution in [2.45, 2.75) is 31.8 Å². The van der Waals surface area contributed by atoms with Gasteiger partial charge in [-0.2, -0.15) is 0 Å². The Kier molecular flexibility index (Phi) is 5.90. The number of benzene rings is 1. The van der Waals surface area contributed by atoms with Crippen LogP contribution in [0.2, 0.25) is 0 Å². The summed E-state index contributed by atoms with van der Waals surface area (Å²) in [6.07, 6.45) is 5.39. The minimum atomic E-state index is -0.146. The molecule has 0 radical (unpaired) electrons. The highest BCUT2D eigenvalue weighted by Crippen LogP contribution is 2.24. The van der Waals surface area contributed by atoms with E-state index < -0.39 is 0 Å². The van der Waals surface area contributed by atoms with Gasteiger partial charge in [-0.15, -0.1) is 0 Å². The summed E-state index contributed by atoms with van der Waals surface area (Å²) in [6.45, 7) is 3.19. The predicted molar refractivity (Wildman–Crippen MR) is 93.6 cm³/mol. The van der Waals surface area contributed by atoms with E-state index in [-0.39, 0.29) is 12.1 Å². The molecular formula is C19H25N3O2. The van der Waals surface area contributed by atoms with Crippen LogP contribution in [-0.4, -0.2) is 30.6 Å². The fraction of sp³-hybridized carbons (Fsp3) is 0.421. The molecule has 5 nitrogen and oxygen atoms in total. The number of amides is 2. The number of piperidine rings is 1. The van der Waals surface area contributed by atoms with Gasteiger partial charge in [-0.05, 0) is 43.6 Å². The number of hydrogen-bond donors (Lipinski definition) is 2. The molecule has 1 aliphatic heterocycles. The van der Waals surface area contributed by atoms with Crippen LogP contribution < -0.4 is 10.6 Å². The first-order valence-electron chi connectivity index (χ1n) is 8.66. The van der Waals surface area contributed by atoms with Gasteiger partial charge in [0, 0.05) is 13.1 Å². The Morgan fingerprint density at radius 3 is 2.54 bits per heavy atom. The van der Waals surface area contributed by atoms with E-state index >= 15 is 0 Å². The average Bonchev–Trinajstić information content (AvgIpc) is 3.16. The van der Waals surface area contributed by atoms with Gasteiger partial charge in [0.2, 0.25) is 0 Å². The first-order chi connectivity index (χ1) is 11.8. The van der Waals surface area contributed by atoms with E-state index in [2.05, 4.69) is 15.5 Å². The average molecular weight is 327 g/mol. The summed E-state index contributed by atoms with van der Waals surface area (Å²) in [5.74, 6) is 0.917. The van der Waals surface area contributed by atoms with E-state index in [1.54, 1.807) is 6.26 Å². The van der Waals surface area contributed by atoms with Crippen molar-refractivity contribution < 1.29 is 9.21 Å². The van der Waals surface area contributed by atoms with E-state index in [1.165, 1.54) is 19.3 Å². The molecule has 3 rings (SSSR count). The summed E-state index contributed by atoms with van der Waals surface area (Å²) in [5.41, 5.74) is 1.09. The Bertz CT molecular complexity index is 607. The molecule has 1 atom stereocenters. The van der Waals surface area contributed by atoms with Gasteiger partial charge >= 0.3 is 6.03 Å². The van der Waals surface area contributed by atoms with Crippen molar-refractivity contribution in [2.24, 2.45) is 0 Å². The minimum absolute atomic E-state index is 0.0998. The van der Waals surface area contributed by atoms with Gasteiger partial charge in [0.05, 0.1) is 12.3 Å². The summed E-state index contributed by atoms with van der Waals surface area (Å²) in [6, 6.07) is 13.8. The van der Waals surface area contributed by atoms with E-state index in [0.717, 1.165) is 24.4 Å². The quantitative estimate of drug-likeness (QED) is 0.856. The zero-order valence-corrected chi connectivity index (χ0v) is 13.9. The summed E-state index contributed by atoms with van der Waals surface area (Å²) in [5, 5.41) is 5.89. The van der Waals surface area contributed by atoms with Crippen molar-refractivity contribution in [1.29, 1.82) is 0 Å². The van der Waals surface area contributed by atoms with Gasteiger partial charge in [-0.1, -0.05) is 36.8 Å². The molecule has 24 heavy (non-hydrogen) atoms. The number of likely N-dealkylation sites (tertiary alicyclic amines) is 1. The Morgan fingerprint density at radius 1 is 1.04 bits per heavy atom. The maximum Gasteiger partial charge on any atom is 0.315 e. The van der Waals surface area contributed by atoms with Crippen LogP contribution in [0.25, 0.3) is 0 Å².